The summed E-state index contributed by atoms with van der Waals surface area (Å²) in [5.74, 6) is -0.712. The molecule has 0 radical (unpaired) electrons. The Bertz CT molecular complexity index is 544. The third-order valence-electron chi connectivity index (χ3n) is 3.99. The summed E-state index contributed by atoms with van der Waals surface area (Å²) in [6.07, 6.45) is 3.45. The lowest BCUT2D eigenvalue weighted by atomic mass is 9.89. The highest BCUT2D eigenvalue weighted by Gasteiger charge is 2.41. The summed E-state index contributed by atoms with van der Waals surface area (Å²) in [5.41, 5.74) is 0.400. The molecule has 1 aromatic carbocycles. The number of hydrogen-bond acceptors (Lipinski definition) is 3. The number of carbonyl (C=O) groups excluding carboxylic acids is 1. The van der Waals surface area contributed by atoms with Gasteiger partial charge in [0, 0.05) is 23.9 Å². The largest absolute Gasteiger partial charge is 0.349 e. The van der Waals surface area contributed by atoms with Crippen molar-refractivity contribution in [1.29, 1.82) is 0 Å². The van der Waals surface area contributed by atoms with Crippen LogP contribution in [0.5, 0.6) is 0 Å². The monoisotopic (exact) mass is 329 g/mol. The highest BCUT2D eigenvalue weighted by Crippen LogP contribution is 2.36. The predicted molar refractivity (Wildman–Crippen MR) is 80.8 cm³/mol. The van der Waals surface area contributed by atoms with Gasteiger partial charge in [0.2, 0.25) is 0 Å². The number of benzene rings is 1. The van der Waals surface area contributed by atoms with Crippen LogP contribution in [0, 0.1) is 0 Å². The number of halogens is 2. The maximum Gasteiger partial charge on any atom is 0.253 e. The van der Waals surface area contributed by atoms with E-state index in [1.165, 1.54) is 0 Å². The molecular formula is C15H17Cl2NO3. The first-order valence-corrected chi connectivity index (χ1v) is 7.87. The van der Waals surface area contributed by atoms with Gasteiger partial charge >= 0.3 is 0 Å². The Morgan fingerprint density at radius 3 is 2.81 bits per heavy atom. The average Bonchev–Trinajstić information content (AvgIpc) is 2.89. The van der Waals surface area contributed by atoms with Gasteiger partial charge in [0.15, 0.2) is 5.79 Å². The second-order valence-electron chi connectivity index (χ2n) is 5.50. The Balaban J connectivity index is 1.68. The summed E-state index contributed by atoms with van der Waals surface area (Å²) in [5, 5.41) is 3.90. The average molecular weight is 330 g/mol. The van der Waals surface area contributed by atoms with E-state index in [0.717, 1.165) is 19.3 Å². The SMILES string of the molecule is O=C(N[C@@H]1CCCC2(C1)OCCO2)c1cc(Cl)ccc1Cl. The quantitative estimate of drug-likeness (QED) is 0.904. The fraction of sp³-hybridized carbons (Fsp3) is 0.533. The first kappa shape index (κ1) is 15.1. The van der Waals surface area contributed by atoms with Gasteiger partial charge in [-0.05, 0) is 31.0 Å². The number of nitrogens with one attached hydrogen (secondary N) is 1. The number of carbonyl (C=O) groups is 1. The van der Waals surface area contributed by atoms with Gasteiger partial charge in [0.25, 0.3) is 5.91 Å². The second-order valence-corrected chi connectivity index (χ2v) is 6.34. The molecule has 1 saturated carbocycles. The lowest BCUT2D eigenvalue weighted by molar-refractivity contribution is -0.181. The smallest absolute Gasteiger partial charge is 0.253 e. The molecular weight excluding hydrogens is 313 g/mol. The molecule has 2 fully saturated rings. The van der Waals surface area contributed by atoms with Crippen LogP contribution in [-0.2, 0) is 9.47 Å². The van der Waals surface area contributed by atoms with Crippen LogP contribution < -0.4 is 5.32 Å². The van der Waals surface area contributed by atoms with Crippen LogP contribution in [0.4, 0.5) is 0 Å². The minimum absolute atomic E-state index is 0.0272. The topological polar surface area (TPSA) is 47.6 Å². The molecule has 1 spiro atoms. The molecule has 2 aliphatic rings. The Hall–Kier alpha value is -0.810. The molecule has 4 nitrogen and oxygen atoms in total. The molecule has 1 heterocycles. The van der Waals surface area contributed by atoms with Gasteiger partial charge in [-0.3, -0.25) is 4.79 Å². The van der Waals surface area contributed by atoms with E-state index in [0.29, 0.717) is 35.2 Å². The van der Waals surface area contributed by atoms with Gasteiger partial charge in [0.1, 0.15) is 0 Å². The van der Waals surface area contributed by atoms with Crippen LogP contribution in [0.3, 0.4) is 0 Å². The van der Waals surface area contributed by atoms with Crippen molar-refractivity contribution in [3.05, 3.63) is 33.8 Å². The van der Waals surface area contributed by atoms with Gasteiger partial charge in [-0.25, -0.2) is 0 Å². The van der Waals surface area contributed by atoms with E-state index in [2.05, 4.69) is 5.32 Å². The third-order valence-corrected chi connectivity index (χ3v) is 4.55. The van der Waals surface area contributed by atoms with Crippen molar-refractivity contribution in [1.82, 2.24) is 5.32 Å². The Morgan fingerprint density at radius 2 is 2.05 bits per heavy atom. The van der Waals surface area contributed by atoms with E-state index in [1.807, 2.05) is 0 Å². The predicted octanol–water partition coefficient (Wildman–Crippen LogP) is 3.41. The first-order valence-electron chi connectivity index (χ1n) is 7.12. The van der Waals surface area contributed by atoms with E-state index in [4.69, 9.17) is 32.7 Å². The third kappa shape index (κ3) is 3.34. The maximum atomic E-state index is 12.4. The van der Waals surface area contributed by atoms with Crippen molar-refractivity contribution in [3.8, 4) is 0 Å². The normalized spacial score (nSPS) is 24.2. The van der Waals surface area contributed by atoms with Crippen molar-refractivity contribution >= 4 is 29.1 Å². The Labute approximate surface area is 133 Å². The van der Waals surface area contributed by atoms with Crippen LogP contribution in [0.25, 0.3) is 0 Å². The number of rotatable bonds is 2. The molecule has 3 rings (SSSR count). The molecule has 1 atom stereocenters. The molecule has 1 aromatic rings. The molecule has 1 aliphatic carbocycles. The number of amides is 1. The van der Waals surface area contributed by atoms with Crippen LogP contribution in [-0.4, -0.2) is 30.9 Å². The van der Waals surface area contributed by atoms with Gasteiger partial charge < -0.3 is 14.8 Å². The molecule has 114 valence electrons. The second kappa shape index (κ2) is 6.13. The highest BCUT2D eigenvalue weighted by atomic mass is 35.5. The Morgan fingerprint density at radius 1 is 1.29 bits per heavy atom. The van der Waals surface area contributed by atoms with Crippen LogP contribution in [0.2, 0.25) is 10.0 Å². The molecule has 0 aromatic heterocycles. The molecule has 6 heteroatoms. The summed E-state index contributed by atoms with van der Waals surface area (Å²) < 4.78 is 11.4. The molecule has 1 amide bonds. The molecule has 0 unspecified atom stereocenters. The van der Waals surface area contributed by atoms with Crippen molar-refractivity contribution in [3.63, 3.8) is 0 Å². The standard InChI is InChI=1S/C15H17Cl2NO3/c16-10-3-4-13(17)12(8-10)14(19)18-11-2-1-5-15(9-11)20-6-7-21-15/h3-4,8,11H,1-2,5-7,9H2,(H,18,19)/t11-/m1/s1. The summed E-state index contributed by atoms with van der Waals surface area (Å²) in [6, 6.07) is 4.90. The molecule has 0 bridgehead atoms. The Kier molecular flexibility index (Phi) is 4.41. The van der Waals surface area contributed by atoms with Gasteiger partial charge in [0.05, 0.1) is 23.8 Å². The van der Waals surface area contributed by atoms with Crippen molar-refractivity contribution in [2.45, 2.75) is 37.5 Å². The first-order chi connectivity index (χ1) is 10.1. The van der Waals surface area contributed by atoms with E-state index in [-0.39, 0.29) is 11.9 Å². The molecule has 1 N–H and O–H groups in total. The minimum atomic E-state index is -0.506. The molecule has 1 aliphatic heterocycles. The van der Waals surface area contributed by atoms with E-state index in [1.54, 1.807) is 18.2 Å². The van der Waals surface area contributed by atoms with Crippen LogP contribution in [0.1, 0.15) is 36.0 Å². The molecule has 1 saturated heterocycles. The zero-order valence-corrected chi connectivity index (χ0v) is 13.0. The fourth-order valence-electron chi connectivity index (χ4n) is 3.01. The van der Waals surface area contributed by atoms with Crippen molar-refractivity contribution in [2.75, 3.05) is 13.2 Å². The van der Waals surface area contributed by atoms with E-state index in [9.17, 15) is 4.79 Å². The maximum absolute atomic E-state index is 12.4. The van der Waals surface area contributed by atoms with Gasteiger partial charge in [-0.15, -0.1) is 0 Å². The summed E-state index contributed by atoms with van der Waals surface area (Å²) >= 11 is 12.0. The van der Waals surface area contributed by atoms with Crippen LogP contribution >= 0.6 is 23.2 Å². The van der Waals surface area contributed by atoms with Crippen LogP contribution in [0.15, 0.2) is 18.2 Å². The zero-order chi connectivity index (χ0) is 14.9. The van der Waals surface area contributed by atoms with Crippen molar-refractivity contribution < 1.29 is 14.3 Å². The number of hydrogen-bond donors (Lipinski definition) is 1. The minimum Gasteiger partial charge on any atom is -0.349 e. The van der Waals surface area contributed by atoms with E-state index >= 15 is 0 Å². The number of ether oxygens (including phenoxy) is 2. The van der Waals surface area contributed by atoms with Gasteiger partial charge in [-0.2, -0.15) is 0 Å². The van der Waals surface area contributed by atoms with Gasteiger partial charge in [-0.1, -0.05) is 23.2 Å². The summed E-state index contributed by atoms with van der Waals surface area (Å²) in [4.78, 5) is 12.4. The summed E-state index contributed by atoms with van der Waals surface area (Å²) in [7, 11) is 0. The zero-order valence-electron chi connectivity index (χ0n) is 11.5. The molecule has 21 heavy (non-hydrogen) atoms. The van der Waals surface area contributed by atoms with E-state index < -0.39 is 5.79 Å². The lowest BCUT2D eigenvalue weighted by Crippen LogP contribution is -2.46. The lowest BCUT2D eigenvalue weighted by Gasteiger charge is -2.36. The highest BCUT2D eigenvalue weighted by molar-refractivity contribution is 6.35. The summed E-state index contributed by atoms with van der Waals surface area (Å²) in [6.45, 7) is 1.25. The van der Waals surface area contributed by atoms with Crippen molar-refractivity contribution in [2.24, 2.45) is 0 Å². The fourth-order valence-corrected chi connectivity index (χ4v) is 3.39.